The van der Waals surface area contributed by atoms with Crippen LogP contribution in [-0.2, 0) is 12.0 Å². The molecule has 2 heteroatoms. The van der Waals surface area contributed by atoms with Gasteiger partial charge >= 0.3 is 0 Å². The summed E-state index contributed by atoms with van der Waals surface area (Å²) in [6, 6.07) is 8.96. The van der Waals surface area contributed by atoms with Crippen LogP contribution in [0.25, 0.3) is 0 Å². The van der Waals surface area contributed by atoms with Crippen molar-refractivity contribution < 1.29 is 0 Å². The molecular weight excluding hydrogens is 218 g/mol. The molecule has 1 aromatic carbocycles. The van der Waals surface area contributed by atoms with Gasteiger partial charge < -0.3 is 0 Å². The number of nitrogens with zero attached hydrogens (tertiary/aromatic N) is 1. The first kappa shape index (κ1) is 13.5. The molecule has 1 aliphatic carbocycles. The molecule has 0 fully saturated rings. The normalized spacial score (nSPS) is 23.8. The van der Waals surface area contributed by atoms with Crippen molar-refractivity contribution in [1.29, 1.82) is 0 Å². The van der Waals surface area contributed by atoms with E-state index in [-0.39, 0.29) is 17.9 Å². The summed E-state index contributed by atoms with van der Waals surface area (Å²) in [6.07, 6.45) is 5.08. The van der Waals surface area contributed by atoms with Gasteiger partial charge in [-0.2, -0.15) is 0 Å². The molecule has 0 bridgehead atoms. The van der Waals surface area contributed by atoms with Crippen molar-refractivity contribution in [2.75, 3.05) is 14.1 Å². The Morgan fingerprint density at radius 3 is 2.56 bits per heavy atom. The average molecular weight is 240 g/mol. The molecule has 0 saturated carbocycles. The van der Waals surface area contributed by atoms with Crippen LogP contribution in [0.4, 0.5) is 0 Å². The van der Waals surface area contributed by atoms with Crippen LogP contribution >= 0.6 is 12.4 Å². The largest absolute Gasteiger partial charge is 0.300 e. The standard InChI is InChI=1S/C14H21N.ClH/c1-4-14(15(2)3)11-7-9-12-8-5-6-10-13(12)14;/h5-6,8,10H,4,7,9,11H2,1-3H3;1H. The Morgan fingerprint density at radius 1 is 1.25 bits per heavy atom. The van der Waals surface area contributed by atoms with E-state index in [0.717, 1.165) is 0 Å². The van der Waals surface area contributed by atoms with Crippen LogP contribution in [0.15, 0.2) is 24.3 Å². The summed E-state index contributed by atoms with van der Waals surface area (Å²) in [5.41, 5.74) is 3.40. The molecule has 1 atom stereocenters. The van der Waals surface area contributed by atoms with E-state index in [2.05, 4.69) is 50.2 Å². The number of aryl methyl sites for hydroxylation is 1. The Hall–Kier alpha value is -0.530. The molecular formula is C14H22ClN. The maximum Gasteiger partial charge on any atom is 0.0455 e. The highest BCUT2D eigenvalue weighted by molar-refractivity contribution is 5.85. The lowest BCUT2D eigenvalue weighted by atomic mass is 9.74. The minimum atomic E-state index is 0. The van der Waals surface area contributed by atoms with Crippen LogP contribution in [-0.4, -0.2) is 19.0 Å². The predicted octanol–water partition coefficient (Wildman–Crippen LogP) is 3.61. The van der Waals surface area contributed by atoms with Crippen molar-refractivity contribution in [3.05, 3.63) is 35.4 Å². The van der Waals surface area contributed by atoms with Crippen LogP contribution in [0.5, 0.6) is 0 Å². The second-order valence-corrected chi connectivity index (χ2v) is 4.79. The first-order chi connectivity index (χ1) is 7.20. The number of fused-ring (bicyclic) bond motifs is 1. The van der Waals surface area contributed by atoms with Crippen LogP contribution in [0.2, 0.25) is 0 Å². The molecule has 1 unspecified atom stereocenters. The Morgan fingerprint density at radius 2 is 1.94 bits per heavy atom. The fourth-order valence-electron chi connectivity index (χ4n) is 3.05. The molecule has 90 valence electrons. The van der Waals surface area contributed by atoms with Crippen molar-refractivity contribution in [2.24, 2.45) is 0 Å². The maximum absolute atomic E-state index is 2.41. The van der Waals surface area contributed by atoms with Crippen LogP contribution < -0.4 is 0 Å². The molecule has 1 nitrogen and oxygen atoms in total. The van der Waals surface area contributed by atoms with Crippen molar-refractivity contribution in [1.82, 2.24) is 4.90 Å². The summed E-state index contributed by atoms with van der Waals surface area (Å²) in [6.45, 7) is 2.31. The lowest BCUT2D eigenvalue weighted by Gasteiger charge is -2.44. The lowest BCUT2D eigenvalue weighted by Crippen LogP contribution is -2.43. The monoisotopic (exact) mass is 239 g/mol. The molecule has 0 spiro atoms. The maximum atomic E-state index is 2.41. The third kappa shape index (κ3) is 1.99. The summed E-state index contributed by atoms with van der Waals surface area (Å²) in [4.78, 5) is 2.41. The molecule has 0 radical (unpaired) electrons. The Balaban J connectivity index is 0.00000128. The van der Waals surface area contributed by atoms with Crippen LogP contribution in [0.1, 0.15) is 37.3 Å². The van der Waals surface area contributed by atoms with E-state index in [9.17, 15) is 0 Å². The molecule has 0 saturated heterocycles. The van der Waals surface area contributed by atoms with E-state index in [4.69, 9.17) is 0 Å². The van der Waals surface area contributed by atoms with Gasteiger partial charge in [-0.05, 0) is 50.9 Å². The Bertz CT molecular complexity index is 348. The first-order valence-corrected chi connectivity index (χ1v) is 5.96. The number of benzene rings is 1. The molecule has 16 heavy (non-hydrogen) atoms. The van der Waals surface area contributed by atoms with E-state index in [1.54, 1.807) is 11.1 Å². The molecule has 1 aliphatic rings. The summed E-state index contributed by atoms with van der Waals surface area (Å²) in [5, 5.41) is 0. The van der Waals surface area contributed by atoms with Crippen molar-refractivity contribution in [2.45, 2.75) is 38.1 Å². The van der Waals surface area contributed by atoms with Gasteiger partial charge in [-0.3, -0.25) is 4.90 Å². The molecule has 1 aromatic rings. The zero-order valence-corrected chi connectivity index (χ0v) is 11.3. The number of rotatable bonds is 2. The number of hydrogen-bond donors (Lipinski definition) is 0. The van der Waals surface area contributed by atoms with Gasteiger partial charge in [0.25, 0.3) is 0 Å². The van der Waals surface area contributed by atoms with E-state index in [1.165, 1.54) is 25.7 Å². The SMILES string of the molecule is CCC1(N(C)C)CCCc2ccccc21.Cl. The van der Waals surface area contributed by atoms with Crippen LogP contribution in [0, 0.1) is 0 Å². The Labute approximate surface area is 105 Å². The van der Waals surface area contributed by atoms with Gasteiger partial charge in [0.05, 0.1) is 0 Å². The van der Waals surface area contributed by atoms with E-state index in [0.29, 0.717) is 0 Å². The van der Waals surface area contributed by atoms with Gasteiger partial charge in [0.2, 0.25) is 0 Å². The van der Waals surface area contributed by atoms with Gasteiger partial charge in [-0.25, -0.2) is 0 Å². The summed E-state index contributed by atoms with van der Waals surface area (Å²) < 4.78 is 0. The summed E-state index contributed by atoms with van der Waals surface area (Å²) >= 11 is 0. The van der Waals surface area contributed by atoms with Gasteiger partial charge in [-0.1, -0.05) is 31.2 Å². The summed E-state index contributed by atoms with van der Waals surface area (Å²) in [5.74, 6) is 0. The zero-order chi connectivity index (χ0) is 10.9. The van der Waals surface area contributed by atoms with E-state index < -0.39 is 0 Å². The molecule has 0 heterocycles. The highest BCUT2D eigenvalue weighted by Crippen LogP contribution is 2.41. The van der Waals surface area contributed by atoms with Crippen LogP contribution in [0.3, 0.4) is 0 Å². The fourth-order valence-corrected chi connectivity index (χ4v) is 3.05. The quantitative estimate of drug-likeness (QED) is 0.762. The predicted molar refractivity (Wildman–Crippen MR) is 72.3 cm³/mol. The second-order valence-electron chi connectivity index (χ2n) is 4.79. The highest BCUT2D eigenvalue weighted by atomic mass is 35.5. The second kappa shape index (κ2) is 5.20. The number of hydrogen-bond acceptors (Lipinski definition) is 1. The Kier molecular flexibility index (Phi) is 4.40. The van der Waals surface area contributed by atoms with E-state index >= 15 is 0 Å². The van der Waals surface area contributed by atoms with Crippen molar-refractivity contribution >= 4 is 12.4 Å². The summed E-state index contributed by atoms with van der Waals surface area (Å²) in [7, 11) is 4.43. The van der Waals surface area contributed by atoms with Gasteiger partial charge in [-0.15, -0.1) is 12.4 Å². The van der Waals surface area contributed by atoms with Crippen molar-refractivity contribution in [3.63, 3.8) is 0 Å². The lowest BCUT2D eigenvalue weighted by molar-refractivity contribution is 0.120. The molecule has 0 aliphatic heterocycles. The average Bonchev–Trinajstić information content (AvgIpc) is 2.28. The van der Waals surface area contributed by atoms with E-state index in [1.807, 2.05) is 0 Å². The molecule has 0 aromatic heterocycles. The third-order valence-electron chi connectivity index (χ3n) is 4.00. The van der Waals surface area contributed by atoms with Gasteiger partial charge in [0, 0.05) is 5.54 Å². The third-order valence-corrected chi connectivity index (χ3v) is 4.00. The zero-order valence-electron chi connectivity index (χ0n) is 10.5. The topological polar surface area (TPSA) is 3.24 Å². The fraction of sp³-hybridized carbons (Fsp3) is 0.571. The molecule has 0 N–H and O–H groups in total. The minimum absolute atomic E-state index is 0. The van der Waals surface area contributed by atoms with Gasteiger partial charge in [0.1, 0.15) is 0 Å². The molecule has 0 amide bonds. The van der Waals surface area contributed by atoms with Crippen molar-refractivity contribution in [3.8, 4) is 0 Å². The minimum Gasteiger partial charge on any atom is -0.300 e. The highest BCUT2D eigenvalue weighted by Gasteiger charge is 2.36. The first-order valence-electron chi connectivity index (χ1n) is 5.96. The van der Waals surface area contributed by atoms with Gasteiger partial charge in [0.15, 0.2) is 0 Å². The molecule has 2 rings (SSSR count). The number of halogens is 1. The smallest absolute Gasteiger partial charge is 0.0455 e.